The van der Waals surface area contributed by atoms with Gasteiger partial charge in [0.15, 0.2) is 17.5 Å². The van der Waals surface area contributed by atoms with Crippen LogP contribution in [0, 0.1) is 0 Å². The Bertz CT molecular complexity index is 1840. The number of fused-ring (bicyclic) bond motifs is 1. The van der Waals surface area contributed by atoms with Gasteiger partial charge in [-0.2, -0.15) is 5.10 Å². The third kappa shape index (κ3) is 4.32. The molecule has 4 aromatic heterocycles. The minimum absolute atomic E-state index is 0.502. The van der Waals surface area contributed by atoms with Gasteiger partial charge in [-0.3, -0.25) is 4.98 Å². The van der Waals surface area contributed by atoms with Crippen molar-refractivity contribution in [2.45, 2.75) is 0 Å². The first-order chi connectivity index (χ1) is 19.3. The number of hydrogen-bond acceptors (Lipinski definition) is 6. The lowest BCUT2D eigenvalue weighted by Gasteiger charge is -2.08. The maximum Gasteiger partial charge on any atom is 0.182 e. The Morgan fingerprint density at radius 2 is 1.05 bits per heavy atom. The van der Waals surface area contributed by atoms with E-state index in [4.69, 9.17) is 25.0 Å². The molecule has 0 unspecified atom stereocenters. The average molecular weight is 504 g/mol. The van der Waals surface area contributed by atoms with Gasteiger partial charge in [0.2, 0.25) is 0 Å². The first-order valence-corrected chi connectivity index (χ1v) is 12.6. The van der Waals surface area contributed by atoms with Gasteiger partial charge >= 0.3 is 0 Å². The number of nitrogens with zero attached hydrogens (tertiary/aromatic N) is 7. The molecule has 3 aromatic carbocycles. The fourth-order valence-electron chi connectivity index (χ4n) is 4.55. The zero-order chi connectivity index (χ0) is 26.0. The van der Waals surface area contributed by atoms with Crippen molar-refractivity contribution >= 4 is 10.9 Å². The van der Waals surface area contributed by atoms with E-state index in [-0.39, 0.29) is 0 Å². The smallest absolute Gasteiger partial charge is 0.182 e. The molecule has 0 radical (unpaired) electrons. The summed E-state index contributed by atoms with van der Waals surface area (Å²) >= 11 is 0. The van der Waals surface area contributed by atoms with E-state index >= 15 is 0 Å². The molecular weight excluding hydrogens is 482 g/mol. The van der Waals surface area contributed by atoms with Crippen molar-refractivity contribution in [1.82, 2.24) is 34.7 Å². The molecule has 0 N–H and O–H groups in total. The number of benzene rings is 3. The van der Waals surface area contributed by atoms with Crippen LogP contribution in [0.25, 0.3) is 62.3 Å². The van der Waals surface area contributed by atoms with E-state index in [1.807, 2.05) is 108 Å². The molecule has 7 aromatic rings. The molecule has 0 saturated heterocycles. The molecule has 0 bridgehead atoms. The van der Waals surface area contributed by atoms with Crippen LogP contribution in [-0.2, 0) is 0 Å². The molecule has 0 atom stereocenters. The topological polar surface area (TPSA) is 82.3 Å². The molecule has 184 valence electrons. The number of rotatable bonds is 5. The second-order valence-electron chi connectivity index (χ2n) is 8.93. The van der Waals surface area contributed by atoms with Crippen molar-refractivity contribution in [3.8, 4) is 51.4 Å². The van der Waals surface area contributed by atoms with Crippen LogP contribution in [-0.4, -0.2) is 34.7 Å². The molecule has 7 nitrogen and oxygen atoms in total. The van der Waals surface area contributed by atoms with Gasteiger partial charge < -0.3 is 0 Å². The predicted octanol–water partition coefficient (Wildman–Crippen LogP) is 6.67. The average Bonchev–Trinajstić information content (AvgIpc) is 3.42. The Hall–Kier alpha value is -5.56. The summed E-state index contributed by atoms with van der Waals surface area (Å²) in [5.41, 5.74) is 5.91. The summed E-state index contributed by atoms with van der Waals surface area (Å²) in [5.74, 6) is 1.69. The summed E-state index contributed by atoms with van der Waals surface area (Å²) in [6.45, 7) is 0. The fourth-order valence-corrected chi connectivity index (χ4v) is 4.55. The highest BCUT2D eigenvalue weighted by Crippen LogP contribution is 2.30. The number of hydrogen-bond donors (Lipinski definition) is 0. The Balaban J connectivity index is 1.39. The highest BCUT2D eigenvalue weighted by molar-refractivity contribution is 5.93. The van der Waals surface area contributed by atoms with Gasteiger partial charge in [0.1, 0.15) is 11.4 Å². The highest BCUT2D eigenvalue weighted by atomic mass is 15.3. The number of para-hydroxylation sites is 1. The molecule has 0 aliphatic rings. The van der Waals surface area contributed by atoms with E-state index in [0.29, 0.717) is 23.2 Å². The molecule has 0 aliphatic heterocycles. The van der Waals surface area contributed by atoms with Crippen molar-refractivity contribution in [3.05, 3.63) is 128 Å². The molecule has 7 heteroatoms. The minimum atomic E-state index is 0.502. The predicted molar refractivity (Wildman–Crippen MR) is 152 cm³/mol. The molecule has 39 heavy (non-hydrogen) atoms. The van der Waals surface area contributed by atoms with E-state index in [1.54, 1.807) is 12.4 Å². The van der Waals surface area contributed by atoms with E-state index in [9.17, 15) is 0 Å². The minimum Gasteiger partial charge on any atom is -0.265 e. The standard InChI is InChI=1S/C32H21N7/c1-3-10-22(11-4-1)30-35-31(23-12-5-2-6-13-23)37-32(36-30)27-16-9-15-26(34-27)29-25-14-7-8-17-28(25)39(38-29)24-18-20-33-21-19-24/h1-21H. The lowest BCUT2D eigenvalue weighted by Crippen LogP contribution is -2.01. The fraction of sp³-hybridized carbons (Fsp3) is 0. The van der Waals surface area contributed by atoms with E-state index in [2.05, 4.69) is 17.1 Å². The number of aromatic nitrogens is 7. The Labute approximate surface area is 224 Å². The molecule has 4 heterocycles. The van der Waals surface area contributed by atoms with Crippen molar-refractivity contribution in [1.29, 1.82) is 0 Å². The van der Waals surface area contributed by atoms with Crippen LogP contribution in [0.5, 0.6) is 0 Å². The summed E-state index contributed by atoms with van der Waals surface area (Å²) < 4.78 is 1.92. The van der Waals surface area contributed by atoms with Gasteiger partial charge in [0.05, 0.1) is 16.9 Å². The van der Waals surface area contributed by atoms with Crippen LogP contribution in [0.3, 0.4) is 0 Å². The van der Waals surface area contributed by atoms with Gasteiger partial charge in [0, 0.05) is 28.9 Å². The van der Waals surface area contributed by atoms with Crippen LogP contribution in [0.1, 0.15) is 0 Å². The Morgan fingerprint density at radius 1 is 0.462 bits per heavy atom. The first kappa shape index (κ1) is 22.6. The summed E-state index contributed by atoms with van der Waals surface area (Å²) in [4.78, 5) is 23.6. The molecule has 0 aliphatic carbocycles. The van der Waals surface area contributed by atoms with Gasteiger partial charge in [-0.05, 0) is 30.3 Å². The quantitative estimate of drug-likeness (QED) is 0.261. The van der Waals surface area contributed by atoms with E-state index < -0.39 is 0 Å². The molecular formula is C32H21N7. The summed E-state index contributed by atoms with van der Waals surface area (Å²) in [6.07, 6.45) is 3.53. The van der Waals surface area contributed by atoms with Crippen molar-refractivity contribution in [2.75, 3.05) is 0 Å². The van der Waals surface area contributed by atoms with Crippen LogP contribution in [0.15, 0.2) is 128 Å². The van der Waals surface area contributed by atoms with Gasteiger partial charge in [-0.15, -0.1) is 0 Å². The molecule has 0 fully saturated rings. The van der Waals surface area contributed by atoms with E-state index in [1.165, 1.54) is 0 Å². The second-order valence-corrected chi connectivity index (χ2v) is 8.93. The number of pyridine rings is 2. The van der Waals surface area contributed by atoms with Gasteiger partial charge in [-0.1, -0.05) is 84.9 Å². The maximum atomic E-state index is 5.00. The third-order valence-electron chi connectivity index (χ3n) is 6.41. The van der Waals surface area contributed by atoms with Gasteiger partial charge in [0.25, 0.3) is 0 Å². The highest BCUT2D eigenvalue weighted by Gasteiger charge is 2.17. The summed E-state index contributed by atoms with van der Waals surface area (Å²) in [6, 6.07) is 37.7. The van der Waals surface area contributed by atoms with Gasteiger partial charge in [-0.25, -0.2) is 24.6 Å². The Kier molecular flexibility index (Phi) is 5.64. The van der Waals surface area contributed by atoms with Crippen molar-refractivity contribution in [2.24, 2.45) is 0 Å². The lowest BCUT2D eigenvalue weighted by molar-refractivity contribution is 0.909. The zero-order valence-electron chi connectivity index (χ0n) is 20.8. The SMILES string of the molecule is c1ccc(-c2nc(-c3ccccc3)nc(-c3cccc(-c4nn(-c5ccncc5)c5ccccc45)n3)n2)cc1. The zero-order valence-corrected chi connectivity index (χ0v) is 20.8. The van der Waals surface area contributed by atoms with Crippen LogP contribution < -0.4 is 0 Å². The lowest BCUT2D eigenvalue weighted by atomic mass is 10.1. The largest absolute Gasteiger partial charge is 0.265 e. The van der Waals surface area contributed by atoms with E-state index in [0.717, 1.165) is 39.1 Å². The summed E-state index contributed by atoms with van der Waals surface area (Å²) in [5, 5.41) is 5.97. The molecule has 7 rings (SSSR count). The van der Waals surface area contributed by atoms with Crippen molar-refractivity contribution in [3.63, 3.8) is 0 Å². The summed E-state index contributed by atoms with van der Waals surface area (Å²) in [7, 11) is 0. The molecule has 0 amide bonds. The molecule has 0 saturated carbocycles. The Morgan fingerprint density at radius 3 is 1.74 bits per heavy atom. The third-order valence-corrected chi connectivity index (χ3v) is 6.41. The normalized spacial score (nSPS) is 11.1. The monoisotopic (exact) mass is 503 g/mol. The second kappa shape index (κ2) is 9.72. The van der Waals surface area contributed by atoms with Crippen LogP contribution in [0.2, 0.25) is 0 Å². The maximum absolute atomic E-state index is 5.00. The van der Waals surface area contributed by atoms with Crippen LogP contribution in [0.4, 0.5) is 0 Å². The van der Waals surface area contributed by atoms with Crippen LogP contribution >= 0.6 is 0 Å². The van der Waals surface area contributed by atoms with Crippen molar-refractivity contribution < 1.29 is 0 Å². The molecule has 0 spiro atoms. The first-order valence-electron chi connectivity index (χ1n) is 12.6.